The number of phenolic OH excluding ortho intramolecular Hbond substituents is 2. The molecular formula is C20H22O7. The fourth-order valence-corrected chi connectivity index (χ4v) is 3.39. The molecule has 7 nitrogen and oxygen atoms in total. The van der Waals surface area contributed by atoms with Gasteiger partial charge in [0.15, 0.2) is 23.0 Å². The molecule has 3 rings (SSSR count). The van der Waals surface area contributed by atoms with Crippen LogP contribution in [0.2, 0.25) is 0 Å². The third-order valence-corrected chi connectivity index (χ3v) is 4.85. The molecule has 1 saturated heterocycles. The highest BCUT2D eigenvalue weighted by Crippen LogP contribution is 2.39. The van der Waals surface area contributed by atoms with E-state index in [2.05, 4.69) is 0 Å². The molecule has 1 heterocycles. The van der Waals surface area contributed by atoms with Gasteiger partial charge in [-0.3, -0.25) is 4.79 Å². The summed E-state index contributed by atoms with van der Waals surface area (Å²) in [6, 6.07) is 9.44. The Bertz CT molecular complexity index is 833. The number of rotatable bonds is 6. The average Bonchev–Trinajstić information content (AvgIpc) is 3.03. The number of carbonyl (C=O) groups excluding carboxylic acids is 1. The summed E-state index contributed by atoms with van der Waals surface area (Å²) in [5.41, 5.74) is 1.32. The van der Waals surface area contributed by atoms with Crippen LogP contribution in [0.4, 0.5) is 0 Å². The molecule has 144 valence electrons. The molecule has 1 aliphatic heterocycles. The van der Waals surface area contributed by atoms with Gasteiger partial charge in [-0.2, -0.15) is 0 Å². The van der Waals surface area contributed by atoms with Crippen molar-refractivity contribution in [3.8, 4) is 23.0 Å². The normalized spacial score (nSPS) is 20.2. The molecule has 1 unspecified atom stereocenters. The van der Waals surface area contributed by atoms with Gasteiger partial charge in [0.1, 0.15) is 0 Å². The van der Waals surface area contributed by atoms with Gasteiger partial charge in [-0.15, -0.1) is 0 Å². The Hall–Kier alpha value is -2.93. The zero-order valence-electron chi connectivity index (χ0n) is 15.1. The molecule has 3 atom stereocenters. The van der Waals surface area contributed by atoms with Crippen molar-refractivity contribution in [2.45, 2.75) is 12.5 Å². The number of aliphatic hydroxyl groups is 1. The van der Waals surface area contributed by atoms with Crippen molar-refractivity contribution in [2.75, 3.05) is 20.8 Å². The average molecular weight is 374 g/mol. The minimum Gasteiger partial charge on any atom is -0.504 e. The van der Waals surface area contributed by atoms with E-state index < -0.39 is 18.0 Å². The standard InChI is InChI=1S/C20H22O7/c1-25-16-8-11(3-5-14(16)21)7-13-10-27-20(24)18(13)19(23)12-4-6-15(22)17(9-12)26-2/h3-6,8-9,13,18-19,21-23H,7,10H2,1-2H3/t13-,18-,19?/m0/s1. The van der Waals surface area contributed by atoms with Crippen LogP contribution in [0, 0.1) is 11.8 Å². The van der Waals surface area contributed by atoms with E-state index in [9.17, 15) is 20.1 Å². The summed E-state index contributed by atoms with van der Waals surface area (Å²) < 4.78 is 15.4. The predicted octanol–water partition coefficient (Wildman–Crippen LogP) is 2.18. The van der Waals surface area contributed by atoms with Crippen molar-refractivity contribution in [1.29, 1.82) is 0 Å². The summed E-state index contributed by atoms with van der Waals surface area (Å²) in [7, 11) is 2.88. The molecule has 7 heteroatoms. The Labute approximate surface area is 156 Å². The minimum atomic E-state index is -1.10. The highest BCUT2D eigenvalue weighted by atomic mass is 16.5. The molecule has 2 aromatic carbocycles. The van der Waals surface area contributed by atoms with Crippen LogP contribution < -0.4 is 9.47 Å². The Morgan fingerprint density at radius 1 is 1.07 bits per heavy atom. The van der Waals surface area contributed by atoms with E-state index >= 15 is 0 Å². The van der Waals surface area contributed by atoms with E-state index in [0.717, 1.165) is 5.56 Å². The lowest BCUT2D eigenvalue weighted by Gasteiger charge is -2.22. The SMILES string of the molecule is COc1cc(C[C@H]2COC(=O)[C@@H]2C(O)c2ccc(O)c(OC)c2)ccc1O. The van der Waals surface area contributed by atoms with E-state index in [1.807, 2.05) is 0 Å². The van der Waals surface area contributed by atoms with Crippen molar-refractivity contribution in [3.63, 3.8) is 0 Å². The minimum absolute atomic E-state index is 0.0350. The fourth-order valence-electron chi connectivity index (χ4n) is 3.39. The van der Waals surface area contributed by atoms with Gasteiger partial charge in [-0.1, -0.05) is 12.1 Å². The van der Waals surface area contributed by atoms with Crippen LogP contribution in [-0.4, -0.2) is 42.1 Å². The summed E-state index contributed by atoms with van der Waals surface area (Å²) in [5.74, 6) is -0.912. The van der Waals surface area contributed by atoms with Crippen LogP contribution in [0.15, 0.2) is 36.4 Å². The number of phenols is 2. The number of esters is 1. The van der Waals surface area contributed by atoms with Gasteiger partial charge < -0.3 is 29.5 Å². The van der Waals surface area contributed by atoms with Crippen molar-refractivity contribution in [1.82, 2.24) is 0 Å². The highest BCUT2D eigenvalue weighted by Gasteiger charge is 2.42. The lowest BCUT2D eigenvalue weighted by atomic mass is 9.83. The zero-order chi connectivity index (χ0) is 19.6. The summed E-state index contributed by atoms with van der Waals surface area (Å²) in [6.45, 7) is 0.193. The van der Waals surface area contributed by atoms with Crippen LogP contribution in [0.5, 0.6) is 23.0 Å². The zero-order valence-corrected chi connectivity index (χ0v) is 15.1. The highest BCUT2D eigenvalue weighted by molar-refractivity contribution is 5.76. The molecule has 0 aliphatic carbocycles. The first-order valence-electron chi connectivity index (χ1n) is 8.52. The molecule has 0 bridgehead atoms. The number of methoxy groups -OCH3 is 2. The number of aliphatic hydroxyl groups excluding tert-OH is 1. The first-order valence-corrected chi connectivity index (χ1v) is 8.52. The summed E-state index contributed by atoms with van der Waals surface area (Å²) in [6.07, 6.45) is -0.627. The smallest absolute Gasteiger partial charge is 0.312 e. The van der Waals surface area contributed by atoms with Gasteiger partial charge in [0, 0.05) is 5.92 Å². The summed E-state index contributed by atoms with van der Waals surface area (Å²) >= 11 is 0. The van der Waals surface area contributed by atoms with Crippen molar-refractivity contribution in [3.05, 3.63) is 47.5 Å². The van der Waals surface area contributed by atoms with Crippen LogP contribution >= 0.6 is 0 Å². The predicted molar refractivity (Wildman–Crippen MR) is 95.9 cm³/mol. The molecule has 1 fully saturated rings. The Morgan fingerprint density at radius 2 is 1.70 bits per heavy atom. The first kappa shape index (κ1) is 18.8. The van der Waals surface area contributed by atoms with E-state index in [-0.39, 0.29) is 29.8 Å². The van der Waals surface area contributed by atoms with Crippen LogP contribution in [0.3, 0.4) is 0 Å². The number of aromatic hydroxyl groups is 2. The maximum atomic E-state index is 12.3. The number of hydrogen-bond acceptors (Lipinski definition) is 7. The molecule has 1 aliphatic rings. The molecule has 3 N–H and O–H groups in total. The fraction of sp³-hybridized carbons (Fsp3) is 0.350. The van der Waals surface area contributed by atoms with Crippen molar-refractivity contribution in [2.24, 2.45) is 11.8 Å². The maximum absolute atomic E-state index is 12.3. The molecule has 0 saturated carbocycles. The lowest BCUT2D eigenvalue weighted by molar-refractivity contribution is -0.144. The molecule has 0 aromatic heterocycles. The first-order chi connectivity index (χ1) is 12.9. The lowest BCUT2D eigenvalue weighted by Crippen LogP contribution is -2.25. The second-order valence-electron chi connectivity index (χ2n) is 6.50. The molecule has 0 radical (unpaired) electrons. The van der Waals surface area contributed by atoms with Crippen LogP contribution in [0.1, 0.15) is 17.2 Å². The molecule has 0 amide bonds. The van der Waals surface area contributed by atoms with Crippen LogP contribution in [-0.2, 0) is 16.0 Å². The number of benzene rings is 2. The third kappa shape index (κ3) is 3.78. The second kappa shape index (κ2) is 7.75. The monoisotopic (exact) mass is 374 g/mol. The van der Waals surface area contributed by atoms with Gasteiger partial charge >= 0.3 is 5.97 Å². The molecule has 27 heavy (non-hydrogen) atoms. The molecular weight excluding hydrogens is 352 g/mol. The second-order valence-corrected chi connectivity index (χ2v) is 6.50. The van der Waals surface area contributed by atoms with E-state index in [0.29, 0.717) is 17.7 Å². The number of hydrogen-bond donors (Lipinski definition) is 3. The largest absolute Gasteiger partial charge is 0.504 e. The molecule has 0 spiro atoms. The molecule has 2 aromatic rings. The summed E-state index contributed by atoms with van der Waals surface area (Å²) in [5, 5.41) is 30.2. The van der Waals surface area contributed by atoms with Crippen LogP contribution in [0.25, 0.3) is 0 Å². The topological polar surface area (TPSA) is 105 Å². The van der Waals surface area contributed by atoms with Crippen molar-refractivity contribution < 1.29 is 34.3 Å². The Balaban J connectivity index is 1.83. The number of cyclic esters (lactones) is 1. The van der Waals surface area contributed by atoms with Gasteiger partial charge in [0.25, 0.3) is 0 Å². The third-order valence-electron chi connectivity index (χ3n) is 4.85. The van der Waals surface area contributed by atoms with E-state index in [1.54, 1.807) is 18.2 Å². The van der Waals surface area contributed by atoms with Gasteiger partial charge in [-0.25, -0.2) is 0 Å². The van der Waals surface area contributed by atoms with Crippen molar-refractivity contribution >= 4 is 5.97 Å². The number of ether oxygens (including phenoxy) is 3. The van der Waals surface area contributed by atoms with E-state index in [4.69, 9.17) is 14.2 Å². The Kier molecular flexibility index (Phi) is 5.41. The van der Waals surface area contributed by atoms with Gasteiger partial charge in [-0.05, 0) is 41.8 Å². The Morgan fingerprint density at radius 3 is 2.37 bits per heavy atom. The number of carbonyl (C=O) groups is 1. The van der Waals surface area contributed by atoms with Gasteiger partial charge in [0.2, 0.25) is 0 Å². The van der Waals surface area contributed by atoms with E-state index in [1.165, 1.54) is 32.4 Å². The quantitative estimate of drug-likeness (QED) is 0.666. The maximum Gasteiger partial charge on any atom is 0.312 e. The summed E-state index contributed by atoms with van der Waals surface area (Å²) in [4.78, 5) is 12.3. The van der Waals surface area contributed by atoms with Gasteiger partial charge in [0.05, 0.1) is 32.8 Å².